The zero-order valence-corrected chi connectivity index (χ0v) is 11.8. The molecular formula is C16H23F2N. The third kappa shape index (κ3) is 4.43. The molecule has 1 nitrogen and oxygen atoms in total. The SMILES string of the molecule is C=CCCCC(NCCC)c1c(F)ccc(C)c1F. The molecule has 0 radical (unpaired) electrons. The molecule has 0 saturated heterocycles. The van der Waals surface area contributed by atoms with Gasteiger partial charge in [0.1, 0.15) is 11.6 Å². The first-order valence-electron chi connectivity index (χ1n) is 6.90. The fraction of sp³-hybridized carbons (Fsp3) is 0.500. The molecule has 0 aliphatic carbocycles. The van der Waals surface area contributed by atoms with E-state index in [1.54, 1.807) is 6.92 Å². The molecular weight excluding hydrogens is 244 g/mol. The summed E-state index contributed by atoms with van der Waals surface area (Å²) in [5, 5.41) is 3.24. The van der Waals surface area contributed by atoms with Crippen LogP contribution in [0.1, 0.15) is 49.8 Å². The monoisotopic (exact) mass is 267 g/mol. The van der Waals surface area contributed by atoms with Crippen molar-refractivity contribution in [3.05, 3.63) is 47.5 Å². The number of hydrogen-bond acceptors (Lipinski definition) is 1. The van der Waals surface area contributed by atoms with Crippen LogP contribution < -0.4 is 5.32 Å². The van der Waals surface area contributed by atoms with Gasteiger partial charge in [-0.25, -0.2) is 8.78 Å². The second-order valence-corrected chi connectivity index (χ2v) is 4.82. The molecule has 0 fully saturated rings. The summed E-state index contributed by atoms with van der Waals surface area (Å²) in [6.45, 7) is 8.13. The van der Waals surface area contributed by atoms with Crippen molar-refractivity contribution in [3.8, 4) is 0 Å². The summed E-state index contributed by atoms with van der Waals surface area (Å²) in [5.74, 6) is -0.887. The van der Waals surface area contributed by atoms with Gasteiger partial charge in [-0.2, -0.15) is 0 Å². The van der Waals surface area contributed by atoms with Crippen molar-refractivity contribution in [2.24, 2.45) is 0 Å². The Balaban J connectivity index is 2.95. The lowest BCUT2D eigenvalue weighted by atomic mass is 9.97. The third-order valence-electron chi connectivity index (χ3n) is 3.21. The van der Waals surface area contributed by atoms with Gasteiger partial charge in [-0.1, -0.05) is 19.1 Å². The van der Waals surface area contributed by atoms with Crippen LogP contribution in [0.5, 0.6) is 0 Å². The van der Waals surface area contributed by atoms with Crippen LogP contribution in [0.15, 0.2) is 24.8 Å². The van der Waals surface area contributed by atoms with Gasteiger partial charge in [-0.05, 0) is 50.8 Å². The average molecular weight is 267 g/mol. The zero-order valence-electron chi connectivity index (χ0n) is 11.8. The number of unbranched alkanes of at least 4 members (excludes halogenated alkanes) is 1. The predicted molar refractivity (Wildman–Crippen MR) is 76.2 cm³/mol. The van der Waals surface area contributed by atoms with Gasteiger partial charge in [0.2, 0.25) is 0 Å². The van der Waals surface area contributed by atoms with E-state index in [4.69, 9.17) is 0 Å². The number of benzene rings is 1. The van der Waals surface area contributed by atoms with E-state index in [9.17, 15) is 8.78 Å². The van der Waals surface area contributed by atoms with Crippen molar-refractivity contribution in [3.63, 3.8) is 0 Å². The van der Waals surface area contributed by atoms with Crippen LogP contribution in [0.3, 0.4) is 0 Å². The number of rotatable bonds is 8. The third-order valence-corrected chi connectivity index (χ3v) is 3.21. The Morgan fingerprint density at radius 3 is 2.74 bits per heavy atom. The van der Waals surface area contributed by atoms with Crippen LogP contribution in [0.25, 0.3) is 0 Å². The minimum absolute atomic E-state index is 0.178. The normalized spacial score (nSPS) is 12.4. The Morgan fingerprint density at radius 1 is 1.37 bits per heavy atom. The minimum Gasteiger partial charge on any atom is -0.310 e. The molecule has 0 amide bonds. The van der Waals surface area contributed by atoms with Gasteiger partial charge >= 0.3 is 0 Å². The van der Waals surface area contributed by atoms with Gasteiger partial charge in [0.05, 0.1) is 0 Å². The predicted octanol–water partition coefficient (Wildman–Crippen LogP) is 4.67. The Morgan fingerprint density at radius 2 is 2.11 bits per heavy atom. The summed E-state index contributed by atoms with van der Waals surface area (Å²) in [6.07, 6.45) is 5.22. The molecule has 0 spiro atoms. The van der Waals surface area contributed by atoms with Crippen molar-refractivity contribution in [1.82, 2.24) is 5.32 Å². The van der Waals surface area contributed by atoms with Crippen molar-refractivity contribution in [2.45, 2.75) is 45.6 Å². The number of allylic oxidation sites excluding steroid dienone is 1. The summed E-state index contributed by atoms with van der Waals surface area (Å²) in [5.41, 5.74) is 0.668. The smallest absolute Gasteiger partial charge is 0.133 e. The first kappa shape index (κ1) is 15.8. The van der Waals surface area contributed by atoms with E-state index in [1.165, 1.54) is 12.1 Å². The van der Waals surface area contributed by atoms with Crippen molar-refractivity contribution < 1.29 is 8.78 Å². The Kier molecular flexibility index (Phi) is 6.71. The molecule has 1 aromatic rings. The van der Waals surface area contributed by atoms with Crippen LogP contribution in [-0.2, 0) is 0 Å². The van der Waals surface area contributed by atoms with Crippen LogP contribution in [0, 0.1) is 18.6 Å². The fourth-order valence-corrected chi connectivity index (χ4v) is 2.13. The Hall–Kier alpha value is -1.22. The van der Waals surface area contributed by atoms with E-state index in [0.717, 1.165) is 25.8 Å². The van der Waals surface area contributed by atoms with E-state index in [-0.39, 0.29) is 11.6 Å². The molecule has 0 bridgehead atoms. The van der Waals surface area contributed by atoms with Crippen LogP contribution in [0.2, 0.25) is 0 Å². The van der Waals surface area contributed by atoms with Gasteiger partial charge in [0, 0.05) is 11.6 Å². The highest BCUT2D eigenvalue weighted by molar-refractivity contribution is 5.29. The molecule has 0 aliphatic rings. The Labute approximate surface area is 114 Å². The minimum atomic E-state index is -0.463. The maximum absolute atomic E-state index is 14.1. The van der Waals surface area contributed by atoms with Gasteiger partial charge in [-0.3, -0.25) is 0 Å². The van der Waals surface area contributed by atoms with E-state index in [1.807, 2.05) is 13.0 Å². The van der Waals surface area contributed by atoms with Gasteiger partial charge in [0.15, 0.2) is 0 Å². The van der Waals surface area contributed by atoms with Crippen LogP contribution >= 0.6 is 0 Å². The molecule has 0 heterocycles. The molecule has 106 valence electrons. The van der Waals surface area contributed by atoms with E-state index in [0.29, 0.717) is 12.0 Å². The molecule has 1 N–H and O–H groups in total. The first-order valence-corrected chi connectivity index (χ1v) is 6.90. The van der Waals surface area contributed by atoms with Crippen LogP contribution in [0.4, 0.5) is 8.78 Å². The van der Waals surface area contributed by atoms with Gasteiger partial charge < -0.3 is 5.32 Å². The van der Waals surface area contributed by atoms with Crippen LogP contribution in [-0.4, -0.2) is 6.54 Å². The van der Waals surface area contributed by atoms with E-state index in [2.05, 4.69) is 11.9 Å². The highest BCUT2D eigenvalue weighted by Crippen LogP contribution is 2.27. The molecule has 3 heteroatoms. The molecule has 1 unspecified atom stereocenters. The topological polar surface area (TPSA) is 12.0 Å². The van der Waals surface area contributed by atoms with Crippen molar-refractivity contribution in [2.75, 3.05) is 6.54 Å². The second-order valence-electron chi connectivity index (χ2n) is 4.82. The van der Waals surface area contributed by atoms with Gasteiger partial charge in [-0.15, -0.1) is 6.58 Å². The number of halogens is 2. The van der Waals surface area contributed by atoms with Crippen molar-refractivity contribution >= 4 is 0 Å². The van der Waals surface area contributed by atoms with Gasteiger partial charge in [0.25, 0.3) is 0 Å². The standard InChI is InChI=1S/C16H23F2N/c1-4-6-7-8-14(19-11-5-2)15-13(17)10-9-12(3)16(15)18/h4,9-10,14,19H,1,5-8,11H2,2-3H3. The molecule has 0 aliphatic heterocycles. The fourth-order valence-electron chi connectivity index (χ4n) is 2.13. The van der Waals surface area contributed by atoms with E-state index >= 15 is 0 Å². The average Bonchev–Trinajstić information content (AvgIpc) is 2.40. The van der Waals surface area contributed by atoms with Crippen molar-refractivity contribution in [1.29, 1.82) is 0 Å². The second kappa shape index (κ2) is 8.05. The maximum Gasteiger partial charge on any atom is 0.133 e. The first-order chi connectivity index (χ1) is 9.11. The molecule has 19 heavy (non-hydrogen) atoms. The highest BCUT2D eigenvalue weighted by atomic mass is 19.1. The highest BCUT2D eigenvalue weighted by Gasteiger charge is 2.20. The molecule has 1 aromatic carbocycles. The zero-order chi connectivity index (χ0) is 14.3. The maximum atomic E-state index is 14.1. The van der Waals surface area contributed by atoms with E-state index < -0.39 is 11.6 Å². The number of aryl methyl sites for hydroxylation is 1. The number of hydrogen-bond donors (Lipinski definition) is 1. The summed E-state index contributed by atoms with van der Waals surface area (Å²) in [4.78, 5) is 0. The molecule has 1 rings (SSSR count). The summed E-state index contributed by atoms with van der Waals surface area (Å²) in [7, 11) is 0. The molecule has 1 atom stereocenters. The molecule has 0 saturated carbocycles. The summed E-state index contributed by atoms with van der Waals surface area (Å²) >= 11 is 0. The quantitative estimate of drug-likeness (QED) is 0.533. The Bertz CT molecular complexity index is 415. The lowest BCUT2D eigenvalue weighted by Crippen LogP contribution is -2.24. The lowest BCUT2D eigenvalue weighted by Gasteiger charge is -2.20. The lowest BCUT2D eigenvalue weighted by molar-refractivity contribution is 0.436. The molecule has 0 aromatic heterocycles. The number of nitrogens with one attached hydrogen (secondary N) is 1. The largest absolute Gasteiger partial charge is 0.310 e. The summed E-state index contributed by atoms with van der Waals surface area (Å²) < 4.78 is 28.1. The summed E-state index contributed by atoms with van der Waals surface area (Å²) in [6, 6.07) is 2.57.